The Hall–Kier alpha value is -3.52. The lowest BCUT2D eigenvalue weighted by molar-refractivity contribution is -0.274. The molecule has 0 amide bonds. The average molecular weight is 559 g/mol. The molecular weight excluding hydrogens is 535 g/mol. The van der Waals surface area contributed by atoms with Crippen molar-refractivity contribution in [1.29, 1.82) is 0 Å². The monoisotopic (exact) mass is 558 g/mol. The molecule has 1 aromatic heterocycles. The number of anilines is 1. The third kappa shape index (κ3) is 5.80. The number of hydrogen-bond donors (Lipinski definition) is 0. The highest BCUT2D eigenvalue weighted by molar-refractivity contribution is 7.89. The van der Waals surface area contributed by atoms with Gasteiger partial charge in [0, 0.05) is 32.2 Å². The molecule has 0 spiro atoms. The largest absolute Gasteiger partial charge is 0.573 e. The molecule has 1 fully saturated rings. The van der Waals surface area contributed by atoms with Gasteiger partial charge in [0.2, 0.25) is 10.0 Å². The van der Waals surface area contributed by atoms with E-state index >= 15 is 0 Å². The van der Waals surface area contributed by atoms with Gasteiger partial charge in [-0.2, -0.15) is 14.1 Å². The highest BCUT2D eigenvalue weighted by Crippen LogP contribution is 2.31. The lowest BCUT2D eigenvalue weighted by Crippen LogP contribution is -2.50. The van der Waals surface area contributed by atoms with Crippen molar-refractivity contribution in [1.82, 2.24) is 14.1 Å². The summed E-state index contributed by atoms with van der Waals surface area (Å²) in [5, 5.41) is 3.47. The fourth-order valence-corrected chi connectivity index (χ4v) is 5.37. The maximum absolute atomic E-state index is 13.9. The third-order valence-corrected chi connectivity index (χ3v) is 8.24. The summed E-state index contributed by atoms with van der Waals surface area (Å²) < 4.78 is 96.7. The van der Waals surface area contributed by atoms with Gasteiger partial charge in [-0.25, -0.2) is 17.2 Å². The van der Waals surface area contributed by atoms with Crippen molar-refractivity contribution in [2.45, 2.75) is 25.5 Å². The van der Waals surface area contributed by atoms with Gasteiger partial charge in [0.15, 0.2) is 0 Å². The molecule has 0 radical (unpaired) electrons. The quantitative estimate of drug-likeness (QED) is 0.427. The molecular formula is C24H23F5N4O4S. The van der Waals surface area contributed by atoms with E-state index in [-0.39, 0.29) is 48.7 Å². The number of rotatable bonds is 6. The third-order valence-electron chi connectivity index (χ3n) is 5.96. The maximum Gasteiger partial charge on any atom is 0.573 e. The van der Waals surface area contributed by atoms with Gasteiger partial charge in [-0.3, -0.25) is 4.79 Å². The Labute approximate surface area is 214 Å². The first-order valence-electron chi connectivity index (χ1n) is 11.4. The molecule has 204 valence electrons. The van der Waals surface area contributed by atoms with Gasteiger partial charge in [-0.05, 0) is 43.7 Å². The van der Waals surface area contributed by atoms with Crippen molar-refractivity contribution in [3.63, 3.8) is 0 Å². The summed E-state index contributed by atoms with van der Waals surface area (Å²) in [7, 11) is -3.50. The number of alkyl halides is 3. The molecule has 4 rings (SSSR count). The van der Waals surface area contributed by atoms with E-state index in [1.807, 2.05) is 0 Å². The molecule has 2 heterocycles. The van der Waals surface area contributed by atoms with Crippen LogP contribution in [0.4, 0.5) is 27.6 Å². The molecule has 14 heteroatoms. The predicted molar refractivity (Wildman–Crippen MR) is 130 cm³/mol. The number of benzene rings is 2. The highest BCUT2D eigenvalue weighted by Gasteiger charge is 2.32. The van der Waals surface area contributed by atoms with Gasteiger partial charge in [0.25, 0.3) is 5.56 Å². The summed E-state index contributed by atoms with van der Waals surface area (Å²) >= 11 is 0. The average Bonchev–Trinajstić information content (AvgIpc) is 2.83. The van der Waals surface area contributed by atoms with E-state index in [2.05, 4.69) is 9.84 Å². The summed E-state index contributed by atoms with van der Waals surface area (Å²) in [6.07, 6.45) is -3.61. The first kappa shape index (κ1) is 27.5. The van der Waals surface area contributed by atoms with Crippen molar-refractivity contribution in [3.05, 3.63) is 70.6 Å². The number of nitrogens with zero attached hydrogens (tertiary/aromatic N) is 4. The van der Waals surface area contributed by atoms with Crippen LogP contribution in [0.3, 0.4) is 0 Å². The van der Waals surface area contributed by atoms with E-state index in [9.17, 15) is 35.2 Å². The van der Waals surface area contributed by atoms with Crippen LogP contribution in [0, 0.1) is 11.6 Å². The predicted octanol–water partition coefficient (Wildman–Crippen LogP) is 3.94. The van der Waals surface area contributed by atoms with Crippen LogP contribution in [0.5, 0.6) is 5.75 Å². The first-order valence-corrected chi connectivity index (χ1v) is 13.0. The zero-order valence-corrected chi connectivity index (χ0v) is 21.1. The standard InChI is InChI=1S/C24H23F5N4O4S/c1-15(2)38(35,36)32-9-7-31(8-10-32)21-14-30-33(19-12-17(25)11-18(26)13-19)23(34)22(21)16-3-5-20(6-4-16)37-24(27,28)29/h3-6,11-15H,7-10H2,1-2H3. The zero-order valence-electron chi connectivity index (χ0n) is 20.2. The second kappa shape index (κ2) is 10.3. The molecule has 0 unspecified atom stereocenters. The van der Waals surface area contributed by atoms with Crippen LogP contribution in [-0.4, -0.2) is 60.3 Å². The Morgan fingerprint density at radius 1 is 0.947 bits per heavy atom. The minimum atomic E-state index is -4.91. The normalized spacial score (nSPS) is 15.2. The summed E-state index contributed by atoms with van der Waals surface area (Å²) in [5.41, 5.74) is -0.484. The molecule has 8 nitrogen and oxygen atoms in total. The molecule has 2 aromatic carbocycles. The fourth-order valence-electron chi connectivity index (χ4n) is 4.11. The van der Waals surface area contributed by atoms with Gasteiger partial charge in [-0.15, -0.1) is 13.2 Å². The van der Waals surface area contributed by atoms with Crippen molar-refractivity contribution < 1.29 is 35.1 Å². The number of piperazine rings is 1. The topological polar surface area (TPSA) is 84.7 Å². The summed E-state index contributed by atoms with van der Waals surface area (Å²) in [6.45, 7) is 3.82. The summed E-state index contributed by atoms with van der Waals surface area (Å²) in [4.78, 5) is 15.3. The van der Waals surface area contributed by atoms with E-state index in [1.54, 1.807) is 18.7 Å². The Morgan fingerprint density at radius 2 is 1.53 bits per heavy atom. The van der Waals surface area contributed by atoms with Crippen LogP contribution < -0.4 is 15.2 Å². The summed E-state index contributed by atoms with van der Waals surface area (Å²) in [6, 6.07) is 7.02. The number of halogens is 5. The van der Waals surface area contributed by atoms with Crippen molar-refractivity contribution in [2.24, 2.45) is 0 Å². The number of sulfonamides is 1. The molecule has 1 aliphatic heterocycles. The Morgan fingerprint density at radius 3 is 2.05 bits per heavy atom. The first-order chi connectivity index (χ1) is 17.8. The van der Waals surface area contributed by atoms with Gasteiger partial charge in [0.1, 0.15) is 17.4 Å². The SMILES string of the molecule is CC(C)S(=O)(=O)N1CCN(c2cnn(-c3cc(F)cc(F)c3)c(=O)c2-c2ccc(OC(F)(F)F)cc2)CC1. The van der Waals surface area contributed by atoms with Crippen LogP contribution in [0.25, 0.3) is 16.8 Å². The van der Waals surface area contributed by atoms with Crippen LogP contribution >= 0.6 is 0 Å². The zero-order chi connectivity index (χ0) is 27.8. The molecule has 3 aromatic rings. The van der Waals surface area contributed by atoms with Crippen molar-refractivity contribution in [2.75, 3.05) is 31.1 Å². The number of aromatic nitrogens is 2. The van der Waals surface area contributed by atoms with E-state index in [1.165, 1.54) is 22.6 Å². The molecule has 1 aliphatic rings. The van der Waals surface area contributed by atoms with E-state index in [4.69, 9.17) is 0 Å². The smallest absolute Gasteiger partial charge is 0.406 e. The van der Waals surface area contributed by atoms with E-state index in [0.29, 0.717) is 6.07 Å². The second-order valence-electron chi connectivity index (χ2n) is 8.80. The lowest BCUT2D eigenvalue weighted by atomic mass is 10.0. The van der Waals surface area contributed by atoms with Crippen LogP contribution in [-0.2, 0) is 10.0 Å². The van der Waals surface area contributed by atoms with Crippen LogP contribution in [0.1, 0.15) is 13.8 Å². The Kier molecular flexibility index (Phi) is 7.48. The fraction of sp³-hybridized carbons (Fsp3) is 0.333. The van der Waals surface area contributed by atoms with Gasteiger partial charge in [-0.1, -0.05) is 12.1 Å². The Balaban J connectivity index is 1.78. The van der Waals surface area contributed by atoms with Crippen LogP contribution in [0.2, 0.25) is 0 Å². The molecule has 0 aliphatic carbocycles. The molecule has 0 N–H and O–H groups in total. The maximum atomic E-state index is 13.9. The molecule has 0 atom stereocenters. The molecule has 0 bridgehead atoms. The Bertz CT molecular complexity index is 1460. The minimum Gasteiger partial charge on any atom is -0.406 e. The van der Waals surface area contributed by atoms with Crippen LogP contribution in [0.15, 0.2) is 53.5 Å². The minimum absolute atomic E-state index is 0.00314. The summed E-state index contributed by atoms with van der Waals surface area (Å²) in [5.74, 6) is -2.37. The van der Waals surface area contributed by atoms with E-state index in [0.717, 1.165) is 28.9 Å². The van der Waals surface area contributed by atoms with E-state index < -0.39 is 44.6 Å². The lowest BCUT2D eigenvalue weighted by Gasteiger charge is -2.36. The van der Waals surface area contributed by atoms with Gasteiger partial charge in [0.05, 0.1) is 28.4 Å². The van der Waals surface area contributed by atoms with Gasteiger partial charge >= 0.3 is 6.36 Å². The number of ether oxygens (including phenoxy) is 1. The van der Waals surface area contributed by atoms with Crippen molar-refractivity contribution >= 4 is 15.7 Å². The highest BCUT2D eigenvalue weighted by atomic mass is 32.2. The van der Waals surface area contributed by atoms with Crippen molar-refractivity contribution in [3.8, 4) is 22.6 Å². The number of hydrogen-bond acceptors (Lipinski definition) is 6. The molecule has 0 saturated carbocycles. The molecule has 1 saturated heterocycles. The second-order valence-corrected chi connectivity index (χ2v) is 11.3. The van der Waals surface area contributed by atoms with Gasteiger partial charge < -0.3 is 9.64 Å². The molecule has 38 heavy (non-hydrogen) atoms.